The van der Waals surface area contributed by atoms with Crippen LogP contribution >= 0.6 is 0 Å². The fourth-order valence-electron chi connectivity index (χ4n) is 3.28. The second kappa shape index (κ2) is 6.83. The van der Waals surface area contributed by atoms with E-state index in [1.54, 1.807) is 18.5 Å². The summed E-state index contributed by atoms with van der Waals surface area (Å²) >= 11 is 0. The molecule has 0 fully saturated rings. The van der Waals surface area contributed by atoms with Gasteiger partial charge in [0.15, 0.2) is 0 Å². The Kier molecular flexibility index (Phi) is 4.94. The van der Waals surface area contributed by atoms with Crippen LogP contribution in [0.2, 0.25) is 0 Å². The Morgan fingerprint density at radius 3 is 2.32 bits per heavy atom. The average Bonchev–Trinajstić information content (AvgIpc) is 3.04. The lowest BCUT2D eigenvalue weighted by Crippen LogP contribution is -2.36. The predicted molar refractivity (Wildman–Crippen MR) is 105 cm³/mol. The van der Waals surface area contributed by atoms with Gasteiger partial charge in [-0.25, -0.2) is 13.8 Å². The number of rotatable bonds is 5. The zero-order valence-corrected chi connectivity index (χ0v) is 17.1. The van der Waals surface area contributed by atoms with Crippen LogP contribution in [0.1, 0.15) is 51.4 Å². The number of ether oxygens (including phenoxy) is 1. The number of fused-ring (bicyclic) bond motifs is 1. The van der Waals surface area contributed by atoms with Gasteiger partial charge in [-0.2, -0.15) is 0 Å². The first-order valence-electron chi connectivity index (χ1n) is 9.20. The van der Waals surface area contributed by atoms with Crippen molar-refractivity contribution >= 4 is 11.0 Å². The molecule has 4 nitrogen and oxygen atoms in total. The quantitative estimate of drug-likeness (QED) is 0.547. The minimum Gasteiger partial charge on any atom is -0.481 e. The highest BCUT2D eigenvalue weighted by Gasteiger charge is 2.48. The number of hydrogen-bond donors (Lipinski definition) is 0. The standard InChI is InChI=1S/C22H26F2N2O2/c1-20(2,3)17-13-28-18-9-15(25-12-16(17)18)10-21(4,5)22(23,24)14-7-8-19(27-6)26-11-14/h7-9,11-13H,10H2,1-6H3. The maximum Gasteiger partial charge on any atom is 0.280 e. The van der Waals surface area contributed by atoms with E-state index in [9.17, 15) is 0 Å². The van der Waals surface area contributed by atoms with E-state index in [1.807, 2.05) is 0 Å². The molecule has 0 aliphatic heterocycles. The second-order valence-electron chi connectivity index (χ2n) is 8.80. The number of hydrogen-bond acceptors (Lipinski definition) is 4. The van der Waals surface area contributed by atoms with Gasteiger partial charge < -0.3 is 9.15 Å². The van der Waals surface area contributed by atoms with Crippen molar-refractivity contribution in [1.82, 2.24) is 9.97 Å². The molecule has 3 aromatic rings. The maximum atomic E-state index is 15.2. The van der Waals surface area contributed by atoms with Crippen LogP contribution in [0.15, 0.2) is 41.3 Å². The van der Waals surface area contributed by atoms with E-state index in [0.29, 0.717) is 17.2 Å². The number of furan rings is 1. The zero-order chi connectivity index (χ0) is 20.7. The largest absolute Gasteiger partial charge is 0.481 e. The third-order valence-electron chi connectivity index (χ3n) is 5.11. The van der Waals surface area contributed by atoms with Gasteiger partial charge in [-0.15, -0.1) is 0 Å². The molecule has 0 aliphatic rings. The fraction of sp³-hybridized carbons (Fsp3) is 0.455. The molecule has 0 spiro atoms. The molecule has 28 heavy (non-hydrogen) atoms. The van der Waals surface area contributed by atoms with Crippen molar-refractivity contribution < 1.29 is 17.9 Å². The lowest BCUT2D eigenvalue weighted by atomic mass is 9.78. The lowest BCUT2D eigenvalue weighted by molar-refractivity contribution is -0.114. The van der Waals surface area contributed by atoms with Crippen molar-refractivity contribution in [3.05, 3.63) is 53.7 Å². The number of alkyl halides is 2. The molecule has 150 valence electrons. The third kappa shape index (κ3) is 3.60. The third-order valence-corrected chi connectivity index (χ3v) is 5.11. The van der Waals surface area contributed by atoms with Gasteiger partial charge in [0, 0.05) is 58.6 Å². The van der Waals surface area contributed by atoms with Crippen LogP contribution in [0.4, 0.5) is 8.78 Å². The van der Waals surface area contributed by atoms with E-state index in [2.05, 4.69) is 30.7 Å². The van der Waals surface area contributed by atoms with Crippen LogP contribution in [-0.4, -0.2) is 17.1 Å². The van der Waals surface area contributed by atoms with E-state index in [4.69, 9.17) is 9.15 Å². The summed E-state index contributed by atoms with van der Waals surface area (Å²) in [4.78, 5) is 8.36. The van der Waals surface area contributed by atoms with Crippen molar-refractivity contribution in [1.29, 1.82) is 0 Å². The highest BCUT2D eigenvalue weighted by Crippen LogP contribution is 2.46. The molecular formula is C22H26F2N2O2. The van der Waals surface area contributed by atoms with Crippen molar-refractivity contribution in [3.63, 3.8) is 0 Å². The van der Waals surface area contributed by atoms with Gasteiger partial charge in [0.25, 0.3) is 5.92 Å². The predicted octanol–water partition coefficient (Wildman–Crippen LogP) is 5.89. The van der Waals surface area contributed by atoms with Crippen LogP contribution in [0.3, 0.4) is 0 Å². The van der Waals surface area contributed by atoms with Gasteiger partial charge in [0.2, 0.25) is 5.88 Å². The molecule has 0 amide bonds. The molecule has 0 atom stereocenters. The molecular weight excluding hydrogens is 362 g/mol. The maximum absolute atomic E-state index is 15.2. The van der Waals surface area contributed by atoms with Gasteiger partial charge in [0.1, 0.15) is 5.58 Å². The van der Waals surface area contributed by atoms with Gasteiger partial charge in [-0.1, -0.05) is 34.6 Å². The number of pyridine rings is 2. The Morgan fingerprint density at radius 1 is 1.04 bits per heavy atom. The Balaban J connectivity index is 1.90. The second-order valence-corrected chi connectivity index (χ2v) is 8.80. The average molecular weight is 388 g/mol. The SMILES string of the molecule is COc1ccc(C(F)(F)C(C)(C)Cc2cc3occ(C(C)(C)C)c3cn2)cn1. The van der Waals surface area contributed by atoms with Gasteiger partial charge in [-0.05, 0) is 11.5 Å². The van der Waals surface area contributed by atoms with Crippen LogP contribution in [-0.2, 0) is 17.8 Å². The van der Waals surface area contributed by atoms with Crippen LogP contribution in [0.5, 0.6) is 5.88 Å². The Morgan fingerprint density at radius 2 is 1.75 bits per heavy atom. The lowest BCUT2D eigenvalue weighted by Gasteiger charge is -2.34. The number of nitrogens with zero attached hydrogens (tertiary/aromatic N) is 2. The number of methoxy groups -OCH3 is 1. The number of aromatic nitrogens is 2. The molecule has 0 aromatic carbocycles. The molecule has 0 N–H and O–H groups in total. The van der Waals surface area contributed by atoms with Crippen molar-refractivity contribution in [3.8, 4) is 5.88 Å². The Hall–Kier alpha value is -2.50. The van der Waals surface area contributed by atoms with Gasteiger partial charge in [0.05, 0.1) is 13.4 Å². The van der Waals surface area contributed by atoms with Crippen molar-refractivity contribution in [2.75, 3.05) is 7.11 Å². The van der Waals surface area contributed by atoms with Crippen LogP contribution < -0.4 is 4.74 Å². The first kappa shape index (κ1) is 20.2. The molecule has 0 unspecified atom stereocenters. The van der Waals surface area contributed by atoms with Crippen molar-refractivity contribution in [2.24, 2.45) is 5.41 Å². The van der Waals surface area contributed by atoms with E-state index >= 15 is 8.78 Å². The van der Waals surface area contributed by atoms with E-state index in [-0.39, 0.29) is 17.4 Å². The molecule has 3 rings (SSSR count). The smallest absolute Gasteiger partial charge is 0.280 e. The normalized spacial score (nSPS) is 13.1. The summed E-state index contributed by atoms with van der Waals surface area (Å²) in [7, 11) is 1.45. The first-order chi connectivity index (χ1) is 13.0. The summed E-state index contributed by atoms with van der Waals surface area (Å²) in [6.07, 6.45) is 4.70. The monoisotopic (exact) mass is 388 g/mol. The Bertz CT molecular complexity index is 970. The van der Waals surface area contributed by atoms with Crippen LogP contribution in [0.25, 0.3) is 11.0 Å². The summed E-state index contributed by atoms with van der Waals surface area (Å²) in [5.41, 5.74) is 0.683. The highest BCUT2D eigenvalue weighted by atomic mass is 19.3. The molecule has 0 bridgehead atoms. The summed E-state index contributed by atoms with van der Waals surface area (Å²) in [6, 6.07) is 4.56. The molecule has 0 saturated carbocycles. The summed E-state index contributed by atoms with van der Waals surface area (Å²) < 4.78 is 41.0. The van der Waals surface area contributed by atoms with Crippen molar-refractivity contribution in [2.45, 2.75) is 52.4 Å². The van der Waals surface area contributed by atoms with Gasteiger partial charge >= 0.3 is 0 Å². The fourth-order valence-corrected chi connectivity index (χ4v) is 3.28. The summed E-state index contributed by atoms with van der Waals surface area (Å²) in [5.74, 6) is -2.79. The Labute approximate surface area is 163 Å². The topological polar surface area (TPSA) is 48.2 Å². The molecule has 3 heterocycles. The molecule has 6 heteroatoms. The molecule has 3 aromatic heterocycles. The summed E-state index contributed by atoms with van der Waals surface area (Å²) in [6.45, 7) is 9.35. The van der Waals surface area contributed by atoms with E-state index in [1.165, 1.54) is 39.3 Å². The minimum atomic E-state index is -3.09. The number of halogens is 2. The molecule has 0 saturated heterocycles. The highest BCUT2D eigenvalue weighted by molar-refractivity contribution is 5.81. The molecule has 0 radical (unpaired) electrons. The zero-order valence-electron chi connectivity index (χ0n) is 17.1. The van der Waals surface area contributed by atoms with E-state index in [0.717, 1.165) is 10.9 Å². The minimum absolute atomic E-state index is 0.0812. The first-order valence-corrected chi connectivity index (χ1v) is 9.20. The molecule has 0 aliphatic carbocycles. The van der Waals surface area contributed by atoms with Crippen LogP contribution in [0, 0.1) is 5.41 Å². The van der Waals surface area contributed by atoms with Gasteiger partial charge in [-0.3, -0.25) is 4.98 Å². The summed E-state index contributed by atoms with van der Waals surface area (Å²) in [5, 5.41) is 0.917. The van der Waals surface area contributed by atoms with E-state index < -0.39 is 11.3 Å².